The van der Waals surface area contributed by atoms with Crippen molar-refractivity contribution in [2.45, 2.75) is 154 Å². The molecule has 0 heterocycles. The molecular weight excluding hydrogens is 1050 g/mol. The van der Waals surface area contributed by atoms with Crippen LogP contribution in [0.25, 0.3) is 22.3 Å². The third-order valence-corrected chi connectivity index (χ3v) is 15.2. The number of hydrogen-bond acceptors (Lipinski definition) is 6. The van der Waals surface area contributed by atoms with Gasteiger partial charge < -0.3 is 29.5 Å². The lowest BCUT2D eigenvalue weighted by Crippen LogP contribution is -2.13. The van der Waals surface area contributed by atoms with Crippen LogP contribution in [-0.2, 0) is 0 Å². The summed E-state index contributed by atoms with van der Waals surface area (Å²) in [7, 11) is 3.08. The smallest absolute Gasteiger partial charge is 0.175 e. The molecule has 67 heavy (non-hydrogen) atoms. The van der Waals surface area contributed by atoms with Crippen LogP contribution in [0.3, 0.4) is 0 Å². The van der Waals surface area contributed by atoms with Crippen LogP contribution in [0, 0.1) is 23.5 Å². The molecule has 3 N–H and O–H groups in total. The molecule has 4 aromatic rings. The fourth-order valence-electron chi connectivity index (χ4n) is 9.47. The van der Waals surface area contributed by atoms with Gasteiger partial charge in [0.15, 0.2) is 23.0 Å². The summed E-state index contributed by atoms with van der Waals surface area (Å²) in [5.41, 5.74) is 4.76. The Hall–Kier alpha value is -2.70. The van der Waals surface area contributed by atoms with E-state index in [2.05, 4.69) is 73.8 Å². The van der Waals surface area contributed by atoms with Gasteiger partial charge in [-0.05, 0) is 191 Å². The van der Waals surface area contributed by atoms with Gasteiger partial charge in [-0.2, -0.15) is 0 Å². The van der Waals surface area contributed by atoms with E-state index in [0.29, 0.717) is 69.9 Å². The molecule has 6 nitrogen and oxygen atoms in total. The van der Waals surface area contributed by atoms with Gasteiger partial charge in [0.2, 0.25) is 0 Å². The number of unbranched alkanes of at least 4 members (excludes halogenated alkanes) is 6. The monoisotopic (exact) mass is 1120 g/mol. The van der Waals surface area contributed by atoms with E-state index in [1.165, 1.54) is 84.2 Å². The van der Waals surface area contributed by atoms with Gasteiger partial charge in [-0.3, -0.25) is 0 Å². The summed E-state index contributed by atoms with van der Waals surface area (Å²) in [6, 6.07) is 18.4. The molecule has 6 rings (SSSR count). The molecule has 372 valence electrons. The lowest BCUT2D eigenvalue weighted by atomic mass is 9.77. The molecule has 0 spiro atoms. The van der Waals surface area contributed by atoms with Crippen molar-refractivity contribution in [3.05, 3.63) is 92.4 Å². The third-order valence-electron chi connectivity index (χ3n) is 13.5. The Morgan fingerprint density at radius 2 is 1.03 bits per heavy atom. The largest absolute Gasteiger partial charge is 0.503 e. The van der Waals surface area contributed by atoms with E-state index in [4.69, 9.17) is 24.4 Å². The molecular formula is C56H77Br3F2O6. The van der Waals surface area contributed by atoms with E-state index >= 15 is 4.39 Å². The number of alkyl halides is 1. The number of hydrogen-bond donors (Lipinski definition) is 3. The van der Waals surface area contributed by atoms with Crippen LogP contribution < -0.4 is 14.2 Å². The Bertz CT molecular complexity index is 2030. The molecule has 0 aromatic heterocycles. The van der Waals surface area contributed by atoms with Crippen molar-refractivity contribution in [2.75, 3.05) is 39.4 Å². The number of rotatable bonds is 22. The second-order valence-electron chi connectivity index (χ2n) is 18.3. The Balaban J connectivity index is 0.000000263. The number of aliphatic hydroxyl groups excluding tert-OH is 2. The first-order chi connectivity index (χ1) is 32.5. The molecule has 2 fully saturated rings. The number of phenols is 1. The lowest BCUT2D eigenvalue weighted by molar-refractivity contribution is 0.247. The number of benzene rings is 4. The molecule has 0 unspecified atom stereocenters. The van der Waals surface area contributed by atoms with Gasteiger partial charge in [0, 0.05) is 29.7 Å². The number of halogens is 5. The summed E-state index contributed by atoms with van der Waals surface area (Å²) in [6.45, 7) is 5.47. The SMILES string of the molecule is CCCCCC1CCC(c2ccc(-c3cc(Br)c(O)c(OC)c3)c(F)c2)CC1.CCCCCC1CCC(c2ccc(-c3cc(Br)c(OCCCCO)c(OC)c3)c(F)c2)CC1.OCCCCBr. The quantitative estimate of drug-likeness (QED) is 0.0537. The van der Waals surface area contributed by atoms with Gasteiger partial charge in [-0.1, -0.05) is 105 Å². The summed E-state index contributed by atoms with van der Waals surface area (Å²) in [4.78, 5) is 0. The molecule has 11 heteroatoms. The third kappa shape index (κ3) is 18.2. The molecule has 0 aliphatic heterocycles. The summed E-state index contributed by atoms with van der Waals surface area (Å²) in [6.07, 6.45) is 23.8. The molecule has 2 saturated carbocycles. The minimum atomic E-state index is -0.220. The van der Waals surface area contributed by atoms with E-state index in [0.717, 1.165) is 83.3 Å². The maximum atomic E-state index is 15.2. The van der Waals surface area contributed by atoms with E-state index in [1.54, 1.807) is 31.4 Å². The van der Waals surface area contributed by atoms with Crippen LogP contribution in [-0.4, -0.2) is 54.7 Å². The first kappa shape index (κ1) is 56.9. The van der Waals surface area contributed by atoms with Crippen LogP contribution in [0.1, 0.15) is 165 Å². The van der Waals surface area contributed by atoms with E-state index in [9.17, 15) is 9.50 Å². The zero-order chi connectivity index (χ0) is 48.6. The van der Waals surface area contributed by atoms with Crippen LogP contribution >= 0.6 is 47.8 Å². The summed E-state index contributed by atoms with van der Waals surface area (Å²) < 4.78 is 47.9. The molecule has 0 bridgehead atoms. The lowest BCUT2D eigenvalue weighted by Gasteiger charge is -2.29. The van der Waals surface area contributed by atoms with Gasteiger partial charge in [-0.25, -0.2) is 8.78 Å². The van der Waals surface area contributed by atoms with Crippen molar-refractivity contribution >= 4 is 47.8 Å². The molecule has 2 aliphatic carbocycles. The van der Waals surface area contributed by atoms with Crippen molar-refractivity contribution in [3.8, 4) is 45.3 Å². The Morgan fingerprint density at radius 1 is 0.567 bits per heavy atom. The average Bonchev–Trinajstić information content (AvgIpc) is 3.34. The van der Waals surface area contributed by atoms with Crippen LogP contribution in [0.4, 0.5) is 8.78 Å². The Morgan fingerprint density at radius 3 is 1.45 bits per heavy atom. The average molecular weight is 1120 g/mol. The van der Waals surface area contributed by atoms with Gasteiger partial charge in [-0.15, -0.1) is 0 Å². The number of aromatic hydroxyl groups is 1. The van der Waals surface area contributed by atoms with Gasteiger partial charge in [0.05, 0.1) is 29.8 Å². The molecule has 0 saturated heterocycles. The molecule has 2 aliphatic rings. The first-order valence-electron chi connectivity index (χ1n) is 25.0. The fraction of sp³-hybridized carbons (Fsp3) is 0.571. The van der Waals surface area contributed by atoms with E-state index in [-0.39, 0.29) is 24.0 Å². The van der Waals surface area contributed by atoms with Gasteiger partial charge in [0.25, 0.3) is 0 Å². The van der Waals surface area contributed by atoms with Crippen molar-refractivity contribution in [1.29, 1.82) is 0 Å². The Kier molecular flexibility index (Phi) is 26.8. The Labute approximate surface area is 426 Å². The van der Waals surface area contributed by atoms with Crippen molar-refractivity contribution in [1.82, 2.24) is 0 Å². The predicted molar refractivity (Wildman–Crippen MR) is 283 cm³/mol. The standard InChI is InChI=1S/C28H38BrFO3.C24H30BrFO2.C4H9BrO/c1-3-4-5-8-20-9-11-21(12-10-20)22-13-14-24(26(30)18-22)23-17-25(29)28(27(19-23)32-2)33-16-7-6-15-31;1-3-4-5-6-16-7-9-17(10-8-16)18-11-12-20(22(26)14-18)19-13-21(25)24(27)23(15-19)28-2;5-3-1-2-4-6/h13-14,17-21,31H,3-12,15-16H2,1-2H3;11-17,27H,3-10H2,1-2H3;6H,1-4H2. The molecule has 0 amide bonds. The minimum absolute atomic E-state index is 0.0268. The topological polar surface area (TPSA) is 88.4 Å². The predicted octanol–water partition coefficient (Wildman–Crippen LogP) is 17.2. The fourth-order valence-corrected chi connectivity index (χ4v) is 10.9. The highest BCUT2D eigenvalue weighted by molar-refractivity contribution is 9.11. The number of phenolic OH excluding ortho intramolecular Hbond substituents is 1. The van der Waals surface area contributed by atoms with Crippen molar-refractivity contribution < 1.29 is 38.3 Å². The van der Waals surface area contributed by atoms with Crippen LogP contribution in [0.15, 0.2) is 69.6 Å². The second kappa shape index (κ2) is 31.5. The zero-order valence-corrected chi connectivity index (χ0v) is 45.3. The molecule has 4 aromatic carbocycles. The maximum absolute atomic E-state index is 15.2. The molecule has 0 radical (unpaired) electrons. The highest BCUT2D eigenvalue weighted by Crippen LogP contribution is 2.44. The normalized spacial score (nSPS) is 18.0. The van der Waals surface area contributed by atoms with E-state index < -0.39 is 0 Å². The highest BCUT2D eigenvalue weighted by atomic mass is 79.9. The number of methoxy groups -OCH3 is 2. The summed E-state index contributed by atoms with van der Waals surface area (Å²) >= 11 is 10.1. The first-order valence-corrected chi connectivity index (χ1v) is 27.7. The van der Waals surface area contributed by atoms with Gasteiger partial charge in [0.1, 0.15) is 11.6 Å². The van der Waals surface area contributed by atoms with Gasteiger partial charge >= 0.3 is 0 Å². The summed E-state index contributed by atoms with van der Waals surface area (Å²) in [5.74, 6) is 3.75. The molecule has 0 atom stereocenters. The minimum Gasteiger partial charge on any atom is -0.503 e. The maximum Gasteiger partial charge on any atom is 0.175 e. The zero-order valence-electron chi connectivity index (χ0n) is 40.5. The number of ether oxygens (including phenoxy) is 3. The van der Waals surface area contributed by atoms with Crippen LogP contribution in [0.5, 0.6) is 23.0 Å². The highest BCUT2D eigenvalue weighted by Gasteiger charge is 2.25. The number of aliphatic hydroxyl groups is 2. The van der Waals surface area contributed by atoms with Crippen molar-refractivity contribution in [3.63, 3.8) is 0 Å². The van der Waals surface area contributed by atoms with Crippen molar-refractivity contribution in [2.24, 2.45) is 11.8 Å². The summed E-state index contributed by atoms with van der Waals surface area (Å²) in [5, 5.41) is 28.1. The van der Waals surface area contributed by atoms with Crippen LogP contribution in [0.2, 0.25) is 0 Å². The van der Waals surface area contributed by atoms with E-state index in [1.807, 2.05) is 24.3 Å². The second-order valence-corrected chi connectivity index (χ2v) is 20.8.